The average Bonchev–Trinajstić information content (AvgIpc) is 2.29. The second kappa shape index (κ2) is 4.55. The van der Waals surface area contributed by atoms with Gasteiger partial charge in [-0.2, -0.15) is 0 Å². The lowest BCUT2D eigenvalue weighted by molar-refractivity contribution is 0.159. The molecule has 0 saturated heterocycles. The zero-order valence-electron chi connectivity index (χ0n) is 9.77. The molecule has 1 N–H and O–H groups in total. The second-order valence-corrected chi connectivity index (χ2v) is 3.96. The molecule has 1 unspecified atom stereocenters. The van der Waals surface area contributed by atoms with Crippen LogP contribution in [0.5, 0.6) is 0 Å². The highest BCUT2D eigenvalue weighted by atomic mass is 16.5. The van der Waals surface area contributed by atoms with Crippen LogP contribution in [0, 0.1) is 0 Å². The molecule has 0 saturated carbocycles. The van der Waals surface area contributed by atoms with Gasteiger partial charge in [0.25, 0.3) is 5.56 Å². The van der Waals surface area contributed by atoms with Crippen LogP contribution in [0.3, 0.4) is 0 Å². The van der Waals surface area contributed by atoms with Crippen LogP contribution in [0.1, 0.15) is 13.0 Å². The molecule has 1 aromatic carbocycles. The fourth-order valence-corrected chi connectivity index (χ4v) is 1.89. The van der Waals surface area contributed by atoms with Crippen LogP contribution >= 0.6 is 0 Å². The Bertz CT molecular complexity index is 642. The minimum Gasteiger partial charge on any atom is -0.383 e. The van der Waals surface area contributed by atoms with Crippen molar-refractivity contribution in [3.63, 3.8) is 0 Å². The van der Waals surface area contributed by atoms with Gasteiger partial charge in [0, 0.05) is 7.11 Å². The van der Waals surface area contributed by atoms with Crippen molar-refractivity contribution in [3.05, 3.63) is 45.1 Å². The van der Waals surface area contributed by atoms with E-state index < -0.39 is 5.69 Å². The summed E-state index contributed by atoms with van der Waals surface area (Å²) in [4.78, 5) is 26.7. The van der Waals surface area contributed by atoms with E-state index in [1.165, 1.54) is 11.7 Å². The molecule has 0 radical (unpaired) electrons. The van der Waals surface area contributed by atoms with Crippen LogP contribution in [0.4, 0.5) is 0 Å². The summed E-state index contributed by atoms with van der Waals surface area (Å²) in [7, 11) is 1.54. The standard InChI is InChI=1S/C12H14N2O3/c1-8(7-17-2)14-11(15)9-5-3-4-6-10(9)13-12(14)16/h3-6,8H,7H2,1-2H3,(H,13,16). The molecule has 5 nitrogen and oxygen atoms in total. The van der Waals surface area contributed by atoms with Gasteiger partial charge < -0.3 is 9.72 Å². The zero-order chi connectivity index (χ0) is 12.4. The SMILES string of the molecule is COCC(C)n1c(=O)[nH]c2ccccc2c1=O. The van der Waals surface area contributed by atoms with Gasteiger partial charge in [-0.25, -0.2) is 4.79 Å². The normalized spacial score (nSPS) is 12.8. The Kier molecular flexibility index (Phi) is 3.10. The Morgan fingerprint density at radius 1 is 1.35 bits per heavy atom. The van der Waals surface area contributed by atoms with Crippen LogP contribution in [0.2, 0.25) is 0 Å². The van der Waals surface area contributed by atoms with Crippen molar-refractivity contribution in [1.29, 1.82) is 0 Å². The lowest BCUT2D eigenvalue weighted by Gasteiger charge is -2.13. The molecule has 2 aromatic rings. The fraction of sp³-hybridized carbons (Fsp3) is 0.333. The predicted molar refractivity (Wildman–Crippen MR) is 65.4 cm³/mol. The summed E-state index contributed by atoms with van der Waals surface area (Å²) < 4.78 is 6.15. The van der Waals surface area contributed by atoms with Crippen LogP contribution in [-0.4, -0.2) is 23.3 Å². The highest BCUT2D eigenvalue weighted by Gasteiger charge is 2.12. The number of aromatic nitrogens is 2. The number of para-hydroxylation sites is 1. The molecule has 0 amide bonds. The Labute approximate surface area is 97.7 Å². The number of hydrogen-bond acceptors (Lipinski definition) is 3. The van der Waals surface area contributed by atoms with E-state index in [9.17, 15) is 9.59 Å². The minimum absolute atomic E-state index is 0.283. The van der Waals surface area contributed by atoms with Crippen molar-refractivity contribution in [1.82, 2.24) is 9.55 Å². The molecule has 1 aromatic heterocycles. The molecule has 0 bridgehead atoms. The van der Waals surface area contributed by atoms with E-state index in [0.29, 0.717) is 17.5 Å². The second-order valence-electron chi connectivity index (χ2n) is 3.96. The van der Waals surface area contributed by atoms with Gasteiger partial charge >= 0.3 is 5.69 Å². The van der Waals surface area contributed by atoms with Crippen LogP contribution in [0.25, 0.3) is 10.9 Å². The monoisotopic (exact) mass is 234 g/mol. The van der Waals surface area contributed by atoms with Gasteiger partial charge in [-0.3, -0.25) is 9.36 Å². The van der Waals surface area contributed by atoms with Gasteiger partial charge in [0.05, 0.1) is 23.6 Å². The van der Waals surface area contributed by atoms with Crippen molar-refractivity contribution in [2.45, 2.75) is 13.0 Å². The topological polar surface area (TPSA) is 64.1 Å². The smallest absolute Gasteiger partial charge is 0.329 e. The van der Waals surface area contributed by atoms with E-state index in [1.54, 1.807) is 31.2 Å². The number of ether oxygens (including phenoxy) is 1. The highest BCUT2D eigenvalue weighted by Crippen LogP contribution is 2.05. The Morgan fingerprint density at radius 3 is 2.76 bits per heavy atom. The van der Waals surface area contributed by atoms with Gasteiger partial charge in [0.1, 0.15) is 0 Å². The Hall–Kier alpha value is -1.88. The van der Waals surface area contributed by atoms with Crippen LogP contribution < -0.4 is 11.2 Å². The van der Waals surface area contributed by atoms with Gasteiger partial charge in [-0.1, -0.05) is 12.1 Å². The molecule has 0 aliphatic carbocycles. The molecule has 0 aliphatic heterocycles. The molecule has 0 fully saturated rings. The summed E-state index contributed by atoms with van der Waals surface area (Å²) in [6, 6.07) is 6.67. The van der Waals surface area contributed by atoms with Crippen LogP contribution in [0.15, 0.2) is 33.9 Å². The molecular weight excluding hydrogens is 220 g/mol. The van der Waals surface area contributed by atoms with Crippen molar-refractivity contribution < 1.29 is 4.74 Å². The number of aromatic amines is 1. The first-order chi connectivity index (χ1) is 8.15. The van der Waals surface area contributed by atoms with E-state index in [4.69, 9.17) is 4.74 Å². The number of benzene rings is 1. The largest absolute Gasteiger partial charge is 0.383 e. The lowest BCUT2D eigenvalue weighted by Crippen LogP contribution is -2.38. The fourth-order valence-electron chi connectivity index (χ4n) is 1.89. The van der Waals surface area contributed by atoms with E-state index in [0.717, 1.165) is 0 Å². The van der Waals surface area contributed by atoms with Crippen molar-refractivity contribution in [2.75, 3.05) is 13.7 Å². The zero-order valence-corrected chi connectivity index (χ0v) is 9.77. The molecule has 1 atom stereocenters. The minimum atomic E-state index is -0.404. The molecular formula is C12H14N2O3. The average molecular weight is 234 g/mol. The highest BCUT2D eigenvalue weighted by molar-refractivity contribution is 5.76. The summed E-state index contributed by atoms with van der Waals surface area (Å²) in [5.74, 6) is 0. The van der Waals surface area contributed by atoms with E-state index in [-0.39, 0.29) is 11.6 Å². The number of nitrogens with zero attached hydrogens (tertiary/aromatic N) is 1. The van der Waals surface area contributed by atoms with Gasteiger partial charge in [-0.05, 0) is 19.1 Å². The Morgan fingerprint density at radius 2 is 2.06 bits per heavy atom. The van der Waals surface area contributed by atoms with Crippen molar-refractivity contribution in [2.24, 2.45) is 0 Å². The number of methoxy groups -OCH3 is 1. The van der Waals surface area contributed by atoms with Gasteiger partial charge in [-0.15, -0.1) is 0 Å². The summed E-state index contributed by atoms with van der Waals surface area (Å²) in [5.41, 5.74) is -0.129. The number of H-pyrrole nitrogens is 1. The summed E-state index contributed by atoms with van der Waals surface area (Å²) in [6.07, 6.45) is 0. The molecule has 5 heteroatoms. The van der Waals surface area contributed by atoms with Crippen molar-refractivity contribution in [3.8, 4) is 0 Å². The first-order valence-corrected chi connectivity index (χ1v) is 5.37. The van der Waals surface area contributed by atoms with Crippen LogP contribution in [-0.2, 0) is 4.74 Å². The van der Waals surface area contributed by atoms with Gasteiger partial charge in [0.15, 0.2) is 0 Å². The first-order valence-electron chi connectivity index (χ1n) is 5.37. The summed E-state index contributed by atoms with van der Waals surface area (Å²) >= 11 is 0. The summed E-state index contributed by atoms with van der Waals surface area (Å²) in [6.45, 7) is 2.09. The third-order valence-electron chi connectivity index (χ3n) is 2.69. The quantitative estimate of drug-likeness (QED) is 0.858. The maximum atomic E-state index is 12.2. The molecule has 0 aliphatic rings. The molecule has 90 valence electrons. The Balaban J connectivity index is 2.72. The third-order valence-corrected chi connectivity index (χ3v) is 2.69. The molecule has 1 heterocycles. The van der Waals surface area contributed by atoms with Gasteiger partial charge in [0.2, 0.25) is 0 Å². The first kappa shape index (κ1) is 11.6. The number of fused-ring (bicyclic) bond motifs is 1. The molecule has 0 spiro atoms. The van der Waals surface area contributed by atoms with Crippen molar-refractivity contribution >= 4 is 10.9 Å². The maximum Gasteiger partial charge on any atom is 0.329 e. The molecule has 17 heavy (non-hydrogen) atoms. The molecule has 2 rings (SSSR count). The summed E-state index contributed by atoms with van der Waals surface area (Å²) in [5, 5.41) is 0.509. The van der Waals surface area contributed by atoms with E-state index >= 15 is 0 Å². The number of rotatable bonds is 3. The third kappa shape index (κ3) is 2.01. The maximum absolute atomic E-state index is 12.2. The van der Waals surface area contributed by atoms with E-state index in [2.05, 4.69) is 4.98 Å². The van der Waals surface area contributed by atoms with E-state index in [1.807, 2.05) is 0 Å². The predicted octanol–water partition coefficient (Wildman–Crippen LogP) is 0.897. The number of nitrogens with one attached hydrogen (secondary N) is 1. The lowest BCUT2D eigenvalue weighted by atomic mass is 10.2. The number of hydrogen-bond donors (Lipinski definition) is 1.